The van der Waals surface area contributed by atoms with Gasteiger partial charge < -0.3 is 14.8 Å². The zero-order valence-corrected chi connectivity index (χ0v) is 17.1. The van der Waals surface area contributed by atoms with Crippen LogP contribution in [0.1, 0.15) is 27.2 Å². The number of carboxylic acids is 1. The van der Waals surface area contributed by atoms with Crippen molar-refractivity contribution < 1.29 is 19.1 Å². The summed E-state index contributed by atoms with van der Waals surface area (Å²) in [5.74, 6) is -0.219. The molecule has 0 spiro atoms. The largest absolute Gasteiger partial charge is 0.478 e. The Morgan fingerprint density at radius 2 is 1.97 bits per heavy atom. The van der Waals surface area contributed by atoms with Crippen molar-refractivity contribution in [2.45, 2.75) is 13.8 Å². The summed E-state index contributed by atoms with van der Waals surface area (Å²) in [6, 6.07) is 15.9. The lowest BCUT2D eigenvalue weighted by Gasteiger charge is -2.02. The highest BCUT2D eigenvalue weighted by Crippen LogP contribution is 2.31. The second kappa shape index (κ2) is 8.04. The minimum atomic E-state index is -1.000. The fourth-order valence-corrected chi connectivity index (χ4v) is 3.86. The maximum Gasteiger partial charge on any atom is 0.335 e. The zero-order chi connectivity index (χ0) is 21.3. The van der Waals surface area contributed by atoms with Crippen molar-refractivity contribution in [1.82, 2.24) is 5.32 Å². The van der Waals surface area contributed by atoms with Crippen LogP contribution in [0.4, 0.5) is 5.69 Å². The van der Waals surface area contributed by atoms with Gasteiger partial charge in [0.25, 0.3) is 5.91 Å². The fourth-order valence-electron chi connectivity index (χ4n) is 3.04. The van der Waals surface area contributed by atoms with Gasteiger partial charge >= 0.3 is 5.97 Å². The molecular weight excluding hydrogens is 400 g/mol. The third-order valence-electron chi connectivity index (χ3n) is 4.52. The van der Waals surface area contributed by atoms with Crippen LogP contribution in [0.25, 0.3) is 17.4 Å². The molecule has 1 amide bonds. The molecule has 0 radical (unpaired) electrons. The van der Waals surface area contributed by atoms with E-state index in [1.807, 2.05) is 32.0 Å². The number of amidine groups is 1. The highest BCUT2D eigenvalue weighted by molar-refractivity contribution is 8.18. The maximum atomic E-state index is 12.3. The average molecular weight is 418 g/mol. The monoisotopic (exact) mass is 418 g/mol. The number of rotatable bonds is 4. The number of nitrogens with one attached hydrogen (secondary N) is 1. The van der Waals surface area contributed by atoms with Gasteiger partial charge in [-0.05, 0) is 61.5 Å². The Hall–Kier alpha value is -3.58. The molecule has 0 unspecified atom stereocenters. The molecule has 2 heterocycles. The molecular formula is C23H18N2O4S. The van der Waals surface area contributed by atoms with E-state index in [0.717, 1.165) is 16.8 Å². The van der Waals surface area contributed by atoms with Crippen molar-refractivity contribution in [3.63, 3.8) is 0 Å². The standard InChI is InChI=1S/C23H18N2O4S/c1-13-6-8-18(14(2)10-13)24-23-25-21(26)20(30-23)12-17-7-9-19(29-17)15-4-3-5-16(11-15)22(27)28/h3-12H,1-2H3,(H,27,28)(H,24,25,26)/b20-12+. The summed E-state index contributed by atoms with van der Waals surface area (Å²) in [7, 11) is 0. The van der Waals surface area contributed by atoms with E-state index in [9.17, 15) is 9.59 Å². The lowest BCUT2D eigenvalue weighted by atomic mass is 10.1. The number of amides is 1. The van der Waals surface area contributed by atoms with E-state index in [1.165, 1.54) is 17.8 Å². The quantitative estimate of drug-likeness (QED) is 0.572. The van der Waals surface area contributed by atoms with E-state index >= 15 is 0 Å². The van der Waals surface area contributed by atoms with Gasteiger partial charge in [0.1, 0.15) is 11.5 Å². The molecule has 150 valence electrons. The Kier molecular flexibility index (Phi) is 5.29. The number of benzene rings is 2. The highest BCUT2D eigenvalue weighted by Gasteiger charge is 2.24. The van der Waals surface area contributed by atoms with Crippen LogP contribution in [0.3, 0.4) is 0 Å². The van der Waals surface area contributed by atoms with Crippen molar-refractivity contribution in [2.24, 2.45) is 4.99 Å². The zero-order valence-electron chi connectivity index (χ0n) is 16.3. The Labute approximate surface area is 177 Å². The molecule has 0 saturated carbocycles. The molecule has 1 aliphatic rings. The molecule has 1 fully saturated rings. The van der Waals surface area contributed by atoms with Gasteiger partial charge in [0, 0.05) is 11.6 Å². The van der Waals surface area contributed by atoms with Gasteiger partial charge in [-0.25, -0.2) is 9.79 Å². The first-order valence-electron chi connectivity index (χ1n) is 9.19. The molecule has 7 heteroatoms. The van der Waals surface area contributed by atoms with E-state index < -0.39 is 5.97 Å². The highest BCUT2D eigenvalue weighted by atomic mass is 32.2. The van der Waals surface area contributed by atoms with E-state index in [4.69, 9.17) is 9.52 Å². The first-order chi connectivity index (χ1) is 14.4. The van der Waals surface area contributed by atoms with Crippen molar-refractivity contribution in [3.05, 3.63) is 82.0 Å². The van der Waals surface area contributed by atoms with Crippen LogP contribution in [0.2, 0.25) is 0 Å². The van der Waals surface area contributed by atoms with Crippen LogP contribution in [0.5, 0.6) is 0 Å². The molecule has 3 aromatic rings. The Balaban J connectivity index is 1.56. The number of furan rings is 1. The predicted molar refractivity (Wildman–Crippen MR) is 118 cm³/mol. The molecule has 1 aliphatic heterocycles. The number of hydrogen-bond donors (Lipinski definition) is 2. The maximum absolute atomic E-state index is 12.3. The number of carbonyl (C=O) groups is 2. The number of aryl methyl sites for hydroxylation is 2. The first kappa shape index (κ1) is 19.7. The molecule has 0 atom stereocenters. The van der Waals surface area contributed by atoms with E-state index in [-0.39, 0.29) is 11.5 Å². The summed E-state index contributed by atoms with van der Waals surface area (Å²) < 4.78 is 5.80. The van der Waals surface area contributed by atoms with Crippen LogP contribution in [0, 0.1) is 13.8 Å². The second-order valence-electron chi connectivity index (χ2n) is 6.86. The molecule has 2 aromatic carbocycles. The number of thioether (sulfide) groups is 1. The van der Waals surface area contributed by atoms with Crippen molar-refractivity contribution in [3.8, 4) is 11.3 Å². The Bertz CT molecular complexity index is 1220. The van der Waals surface area contributed by atoms with Gasteiger partial charge in [0.2, 0.25) is 0 Å². The van der Waals surface area contributed by atoms with Crippen LogP contribution >= 0.6 is 11.8 Å². The number of aliphatic imine (C=N–C) groups is 1. The van der Waals surface area contributed by atoms with Crippen molar-refractivity contribution >= 4 is 40.6 Å². The summed E-state index contributed by atoms with van der Waals surface area (Å²) >= 11 is 1.25. The third-order valence-corrected chi connectivity index (χ3v) is 5.43. The fraction of sp³-hybridized carbons (Fsp3) is 0.0870. The van der Waals surface area contributed by atoms with Crippen LogP contribution in [-0.2, 0) is 4.79 Å². The van der Waals surface area contributed by atoms with Gasteiger partial charge in [0.15, 0.2) is 5.17 Å². The van der Waals surface area contributed by atoms with Crippen molar-refractivity contribution in [2.75, 3.05) is 0 Å². The van der Waals surface area contributed by atoms with E-state index in [2.05, 4.69) is 10.3 Å². The minimum absolute atomic E-state index is 0.182. The summed E-state index contributed by atoms with van der Waals surface area (Å²) in [5, 5.41) is 12.4. The molecule has 2 N–H and O–H groups in total. The molecule has 1 aromatic heterocycles. The molecule has 0 aliphatic carbocycles. The number of carboxylic acid groups (broad SMARTS) is 1. The van der Waals surface area contributed by atoms with Gasteiger partial charge in [-0.1, -0.05) is 29.8 Å². The first-order valence-corrected chi connectivity index (χ1v) is 10.0. The van der Waals surface area contributed by atoms with Crippen LogP contribution in [-0.4, -0.2) is 22.2 Å². The van der Waals surface area contributed by atoms with Gasteiger partial charge in [-0.2, -0.15) is 0 Å². The third kappa shape index (κ3) is 4.21. The predicted octanol–water partition coefficient (Wildman–Crippen LogP) is 5.15. The number of hydrogen-bond acceptors (Lipinski definition) is 5. The van der Waals surface area contributed by atoms with Crippen LogP contribution < -0.4 is 5.32 Å². The van der Waals surface area contributed by atoms with Crippen molar-refractivity contribution in [1.29, 1.82) is 0 Å². The Morgan fingerprint density at radius 3 is 2.73 bits per heavy atom. The normalized spacial score (nSPS) is 16.3. The summed E-state index contributed by atoms with van der Waals surface area (Å²) in [6.07, 6.45) is 1.65. The lowest BCUT2D eigenvalue weighted by molar-refractivity contribution is -0.115. The van der Waals surface area contributed by atoms with Crippen LogP contribution in [0.15, 0.2) is 68.9 Å². The topological polar surface area (TPSA) is 91.9 Å². The molecule has 6 nitrogen and oxygen atoms in total. The lowest BCUT2D eigenvalue weighted by Crippen LogP contribution is -2.19. The summed E-state index contributed by atoms with van der Waals surface area (Å²) in [6.45, 7) is 4.00. The summed E-state index contributed by atoms with van der Waals surface area (Å²) in [5.41, 5.74) is 3.84. The van der Waals surface area contributed by atoms with Gasteiger partial charge in [-0.15, -0.1) is 0 Å². The number of aromatic carboxylic acids is 1. The number of nitrogens with zero attached hydrogens (tertiary/aromatic N) is 1. The van der Waals surface area contributed by atoms with Gasteiger partial charge in [-0.3, -0.25) is 4.79 Å². The minimum Gasteiger partial charge on any atom is -0.478 e. The molecule has 1 saturated heterocycles. The SMILES string of the molecule is Cc1ccc(N=C2NC(=O)/C(=C\c3ccc(-c4cccc(C(=O)O)c4)o3)S2)c(C)c1. The molecule has 4 rings (SSSR count). The van der Waals surface area contributed by atoms with E-state index in [1.54, 1.807) is 36.4 Å². The number of carbonyl (C=O) groups excluding carboxylic acids is 1. The molecule has 0 bridgehead atoms. The van der Waals surface area contributed by atoms with E-state index in [0.29, 0.717) is 27.2 Å². The molecule has 30 heavy (non-hydrogen) atoms. The second-order valence-corrected chi connectivity index (χ2v) is 7.89. The van der Waals surface area contributed by atoms with Gasteiger partial charge in [0.05, 0.1) is 16.2 Å². The Morgan fingerprint density at radius 1 is 1.13 bits per heavy atom. The average Bonchev–Trinajstić information content (AvgIpc) is 3.31. The smallest absolute Gasteiger partial charge is 0.335 e. The summed E-state index contributed by atoms with van der Waals surface area (Å²) in [4.78, 5) is 28.5.